The van der Waals surface area contributed by atoms with E-state index < -0.39 is 17.7 Å². The highest BCUT2D eigenvalue weighted by Gasteiger charge is 2.45. The zero-order valence-corrected chi connectivity index (χ0v) is 18.4. The van der Waals surface area contributed by atoms with Gasteiger partial charge in [-0.15, -0.1) is 0 Å². The van der Waals surface area contributed by atoms with E-state index in [1.54, 1.807) is 48.5 Å². The fourth-order valence-corrected chi connectivity index (χ4v) is 3.78. The number of hydrogen-bond donors (Lipinski definition) is 2. The Bertz CT molecular complexity index is 999. The van der Waals surface area contributed by atoms with Crippen LogP contribution in [0.3, 0.4) is 0 Å². The molecule has 7 nitrogen and oxygen atoms in total. The summed E-state index contributed by atoms with van der Waals surface area (Å²) in [7, 11) is 0. The van der Waals surface area contributed by atoms with Gasteiger partial charge in [-0.2, -0.15) is 0 Å². The minimum Gasteiger partial charge on any atom is -0.507 e. The Labute approximate surface area is 187 Å². The van der Waals surface area contributed by atoms with E-state index in [0.29, 0.717) is 35.8 Å². The van der Waals surface area contributed by atoms with Crippen LogP contribution in [0.1, 0.15) is 43.9 Å². The van der Waals surface area contributed by atoms with Crippen molar-refractivity contribution in [2.75, 3.05) is 26.4 Å². The number of unbranched alkanes of at least 4 members (excludes halogenated alkanes) is 1. The van der Waals surface area contributed by atoms with E-state index in [1.807, 2.05) is 13.8 Å². The predicted octanol–water partition coefficient (Wildman–Crippen LogP) is 3.68. The summed E-state index contributed by atoms with van der Waals surface area (Å²) in [5.74, 6) is -0.515. The van der Waals surface area contributed by atoms with Gasteiger partial charge in [0.25, 0.3) is 11.7 Å². The Morgan fingerprint density at radius 3 is 2.44 bits per heavy atom. The number of carbonyl (C=O) groups excluding carboxylic acids is 2. The standard InChI is InChI=1S/C25H29NO6/c1-3-5-12-26-22(17-8-6-11-20(15-17)32-14-13-27)21(24(29)25(26)30)23(28)18-9-7-10-19(16-18)31-4-2/h6-11,15-16,22,27-28H,3-5,12-14H2,1-2H3/b23-21-. The molecule has 2 aromatic carbocycles. The van der Waals surface area contributed by atoms with Gasteiger partial charge < -0.3 is 24.6 Å². The number of likely N-dealkylation sites (tertiary alicyclic amines) is 1. The van der Waals surface area contributed by atoms with Gasteiger partial charge in [-0.05, 0) is 43.2 Å². The molecule has 1 saturated heterocycles. The summed E-state index contributed by atoms with van der Waals surface area (Å²) in [6.45, 7) is 4.72. The molecule has 1 unspecified atom stereocenters. The van der Waals surface area contributed by atoms with Crippen LogP contribution in [0.2, 0.25) is 0 Å². The molecule has 0 bridgehead atoms. The molecule has 0 saturated carbocycles. The van der Waals surface area contributed by atoms with Crippen LogP contribution < -0.4 is 9.47 Å². The first kappa shape index (κ1) is 23.3. The molecule has 1 aliphatic heterocycles. The SMILES string of the molecule is CCCCN1C(=O)C(=O)/C(=C(\O)c2cccc(OCC)c2)C1c1cccc(OCCO)c1. The van der Waals surface area contributed by atoms with Crippen molar-refractivity contribution in [2.24, 2.45) is 0 Å². The molecule has 0 aliphatic carbocycles. The molecule has 1 fully saturated rings. The van der Waals surface area contributed by atoms with E-state index in [2.05, 4.69) is 0 Å². The summed E-state index contributed by atoms with van der Waals surface area (Å²) >= 11 is 0. The lowest BCUT2D eigenvalue weighted by Crippen LogP contribution is -2.30. The lowest BCUT2D eigenvalue weighted by molar-refractivity contribution is -0.139. The molecule has 3 rings (SSSR count). The Morgan fingerprint density at radius 1 is 1.03 bits per heavy atom. The number of aliphatic hydroxyl groups excluding tert-OH is 2. The molecule has 2 N–H and O–H groups in total. The number of rotatable bonds is 10. The van der Waals surface area contributed by atoms with Crippen molar-refractivity contribution in [3.8, 4) is 11.5 Å². The number of carbonyl (C=O) groups is 2. The molecular formula is C25H29NO6. The van der Waals surface area contributed by atoms with Crippen LogP contribution in [0.4, 0.5) is 0 Å². The molecule has 1 atom stereocenters. The zero-order chi connectivity index (χ0) is 23.1. The summed E-state index contributed by atoms with van der Waals surface area (Å²) in [6, 6.07) is 13.1. The quantitative estimate of drug-likeness (QED) is 0.333. The summed E-state index contributed by atoms with van der Waals surface area (Å²) in [5, 5.41) is 20.2. The fourth-order valence-electron chi connectivity index (χ4n) is 3.78. The van der Waals surface area contributed by atoms with Gasteiger partial charge in [0.1, 0.15) is 23.9 Å². The first-order chi connectivity index (χ1) is 15.5. The topological polar surface area (TPSA) is 96.3 Å². The monoisotopic (exact) mass is 439 g/mol. The Hall–Kier alpha value is -3.32. The summed E-state index contributed by atoms with van der Waals surface area (Å²) in [6.07, 6.45) is 1.58. The molecule has 1 amide bonds. The van der Waals surface area contributed by atoms with Gasteiger partial charge in [0.05, 0.1) is 24.8 Å². The fraction of sp³-hybridized carbons (Fsp3) is 0.360. The average molecular weight is 440 g/mol. The van der Waals surface area contributed by atoms with Crippen molar-refractivity contribution in [3.63, 3.8) is 0 Å². The van der Waals surface area contributed by atoms with Gasteiger partial charge in [-0.1, -0.05) is 37.6 Å². The first-order valence-corrected chi connectivity index (χ1v) is 10.9. The van der Waals surface area contributed by atoms with Crippen LogP contribution in [0, 0.1) is 0 Å². The Balaban J connectivity index is 2.11. The first-order valence-electron chi connectivity index (χ1n) is 10.9. The van der Waals surface area contributed by atoms with Gasteiger partial charge in [0.15, 0.2) is 0 Å². The van der Waals surface area contributed by atoms with E-state index in [1.165, 1.54) is 4.90 Å². The van der Waals surface area contributed by atoms with Gasteiger partial charge in [-0.25, -0.2) is 0 Å². The third kappa shape index (κ3) is 4.94. The maximum absolute atomic E-state index is 13.0. The normalized spacial score (nSPS) is 17.6. The minimum atomic E-state index is -0.741. The van der Waals surface area contributed by atoms with Crippen molar-refractivity contribution in [1.29, 1.82) is 0 Å². The van der Waals surface area contributed by atoms with Gasteiger partial charge in [0, 0.05) is 12.1 Å². The van der Waals surface area contributed by atoms with Gasteiger partial charge in [-0.3, -0.25) is 9.59 Å². The average Bonchev–Trinajstić information content (AvgIpc) is 3.06. The second-order valence-electron chi connectivity index (χ2n) is 7.45. The maximum atomic E-state index is 13.0. The summed E-state index contributed by atoms with van der Waals surface area (Å²) < 4.78 is 11.0. The van der Waals surface area contributed by atoms with Gasteiger partial charge >= 0.3 is 0 Å². The Morgan fingerprint density at radius 2 is 1.75 bits per heavy atom. The van der Waals surface area contributed by atoms with Crippen molar-refractivity contribution < 1.29 is 29.3 Å². The molecule has 170 valence electrons. The molecule has 1 aliphatic rings. The number of amides is 1. The van der Waals surface area contributed by atoms with Crippen molar-refractivity contribution in [3.05, 3.63) is 65.2 Å². The number of benzene rings is 2. The largest absolute Gasteiger partial charge is 0.507 e. The predicted molar refractivity (Wildman–Crippen MR) is 121 cm³/mol. The molecular weight excluding hydrogens is 410 g/mol. The third-order valence-electron chi connectivity index (χ3n) is 5.24. The number of Topliss-reactive ketones (excluding diaryl/α,β-unsaturated/α-hetero) is 1. The van der Waals surface area contributed by atoms with Crippen LogP contribution >= 0.6 is 0 Å². The van der Waals surface area contributed by atoms with Crippen molar-refractivity contribution in [2.45, 2.75) is 32.7 Å². The van der Waals surface area contributed by atoms with Crippen molar-refractivity contribution in [1.82, 2.24) is 4.90 Å². The summed E-state index contributed by atoms with van der Waals surface area (Å²) in [5.41, 5.74) is 1.10. The molecule has 0 spiro atoms. The third-order valence-corrected chi connectivity index (χ3v) is 5.24. The second kappa shape index (κ2) is 10.8. The zero-order valence-electron chi connectivity index (χ0n) is 18.4. The number of hydrogen-bond acceptors (Lipinski definition) is 6. The van der Waals surface area contributed by atoms with Gasteiger partial charge in [0.2, 0.25) is 0 Å². The van der Waals surface area contributed by atoms with Crippen LogP contribution in [0.15, 0.2) is 54.1 Å². The van der Waals surface area contributed by atoms with Crippen LogP contribution in [-0.4, -0.2) is 53.2 Å². The minimum absolute atomic E-state index is 0.0408. The van der Waals surface area contributed by atoms with Crippen LogP contribution in [0.25, 0.3) is 5.76 Å². The highest BCUT2D eigenvalue weighted by molar-refractivity contribution is 6.46. The number of ether oxygens (including phenoxy) is 2. The van der Waals surface area contributed by atoms with Crippen LogP contribution in [-0.2, 0) is 9.59 Å². The van der Waals surface area contributed by atoms with E-state index in [9.17, 15) is 14.7 Å². The summed E-state index contributed by atoms with van der Waals surface area (Å²) in [4.78, 5) is 27.5. The highest BCUT2D eigenvalue weighted by Crippen LogP contribution is 2.40. The van der Waals surface area contributed by atoms with Crippen molar-refractivity contribution >= 4 is 17.4 Å². The van der Waals surface area contributed by atoms with E-state index in [-0.39, 0.29) is 24.5 Å². The van der Waals surface area contributed by atoms with E-state index >= 15 is 0 Å². The Kier molecular flexibility index (Phi) is 7.89. The number of nitrogens with zero attached hydrogens (tertiary/aromatic N) is 1. The number of aliphatic hydroxyl groups is 2. The maximum Gasteiger partial charge on any atom is 0.295 e. The number of ketones is 1. The molecule has 0 aromatic heterocycles. The lowest BCUT2D eigenvalue weighted by Gasteiger charge is -2.25. The smallest absolute Gasteiger partial charge is 0.295 e. The molecule has 7 heteroatoms. The highest BCUT2D eigenvalue weighted by atomic mass is 16.5. The van der Waals surface area contributed by atoms with E-state index in [4.69, 9.17) is 14.6 Å². The molecule has 1 heterocycles. The van der Waals surface area contributed by atoms with E-state index in [0.717, 1.165) is 12.8 Å². The van der Waals surface area contributed by atoms with Crippen LogP contribution in [0.5, 0.6) is 11.5 Å². The lowest BCUT2D eigenvalue weighted by atomic mass is 9.95. The molecule has 32 heavy (non-hydrogen) atoms. The molecule has 0 radical (unpaired) electrons. The molecule has 2 aromatic rings. The second-order valence-corrected chi connectivity index (χ2v) is 7.45.